The van der Waals surface area contributed by atoms with Gasteiger partial charge in [0.1, 0.15) is 5.82 Å². The first-order valence-electron chi connectivity index (χ1n) is 6.81. The van der Waals surface area contributed by atoms with Crippen LogP contribution in [0.4, 0.5) is 10.1 Å². The topological polar surface area (TPSA) is 76.3 Å². The van der Waals surface area contributed by atoms with E-state index in [0.29, 0.717) is 29.7 Å². The molecule has 0 unspecified atom stereocenters. The monoisotopic (exact) mass is 299 g/mol. The van der Waals surface area contributed by atoms with Crippen LogP contribution in [0.2, 0.25) is 0 Å². The maximum Gasteiger partial charge on any atom is 0.250 e. The van der Waals surface area contributed by atoms with Gasteiger partial charge in [-0.15, -0.1) is 0 Å². The lowest BCUT2D eigenvalue weighted by Crippen LogP contribution is -2.31. The average molecular weight is 299 g/mol. The Morgan fingerprint density at radius 1 is 1.27 bits per heavy atom. The molecule has 2 N–H and O–H groups in total. The molecule has 6 heteroatoms. The number of hydrogen-bond donors (Lipinski definition) is 1. The zero-order valence-electron chi connectivity index (χ0n) is 12.0. The molecule has 112 valence electrons. The van der Waals surface area contributed by atoms with Gasteiger partial charge in [0, 0.05) is 42.7 Å². The van der Waals surface area contributed by atoms with Gasteiger partial charge >= 0.3 is 0 Å². The fourth-order valence-electron chi connectivity index (χ4n) is 2.61. The number of anilines is 1. The van der Waals surface area contributed by atoms with Crippen molar-refractivity contribution in [3.05, 3.63) is 47.5 Å². The van der Waals surface area contributed by atoms with E-state index in [1.54, 1.807) is 13.1 Å². The number of benzene rings is 1. The van der Waals surface area contributed by atoms with E-state index < -0.39 is 11.7 Å². The molecule has 0 radical (unpaired) electrons. The van der Waals surface area contributed by atoms with Crippen LogP contribution in [-0.2, 0) is 11.2 Å². The van der Waals surface area contributed by atoms with E-state index in [-0.39, 0.29) is 11.5 Å². The Balaban J connectivity index is 2.11. The fraction of sp³-hybridized carbons (Fsp3) is 0.188. The summed E-state index contributed by atoms with van der Waals surface area (Å²) >= 11 is 0. The molecule has 3 rings (SSSR count). The summed E-state index contributed by atoms with van der Waals surface area (Å²) < 4.78 is 14.4. The minimum atomic E-state index is -0.613. The van der Waals surface area contributed by atoms with Crippen LogP contribution < -0.4 is 10.6 Å². The Kier molecular flexibility index (Phi) is 3.36. The van der Waals surface area contributed by atoms with E-state index in [1.165, 1.54) is 29.4 Å². The highest BCUT2D eigenvalue weighted by atomic mass is 19.1. The first-order valence-corrected chi connectivity index (χ1v) is 6.81. The van der Waals surface area contributed by atoms with Crippen molar-refractivity contribution in [2.45, 2.75) is 12.8 Å². The predicted molar refractivity (Wildman–Crippen MR) is 79.9 cm³/mol. The number of aryl methyl sites for hydroxylation is 1. The molecular weight excluding hydrogens is 285 g/mol. The molecule has 0 bridgehead atoms. The molecule has 1 aromatic heterocycles. The lowest BCUT2D eigenvalue weighted by Gasteiger charge is -2.26. The maximum absolute atomic E-state index is 14.4. The summed E-state index contributed by atoms with van der Waals surface area (Å²) in [6.07, 6.45) is 3.78. The van der Waals surface area contributed by atoms with Crippen molar-refractivity contribution in [3.63, 3.8) is 0 Å². The highest BCUT2D eigenvalue weighted by Gasteiger charge is 2.23. The van der Waals surface area contributed by atoms with Gasteiger partial charge in [0.05, 0.1) is 5.56 Å². The largest absolute Gasteiger partial charge is 0.366 e. The van der Waals surface area contributed by atoms with Crippen LogP contribution in [0, 0.1) is 5.82 Å². The van der Waals surface area contributed by atoms with Gasteiger partial charge in [0.2, 0.25) is 11.8 Å². The predicted octanol–water partition coefficient (Wildman–Crippen LogP) is 1.90. The summed E-state index contributed by atoms with van der Waals surface area (Å²) in [6.45, 7) is 0. The van der Waals surface area contributed by atoms with Crippen molar-refractivity contribution in [2.24, 2.45) is 5.73 Å². The van der Waals surface area contributed by atoms with E-state index in [2.05, 4.69) is 4.98 Å². The number of halogens is 1. The molecule has 1 aromatic carbocycles. The Hall–Kier alpha value is -2.76. The van der Waals surface area contributed by atoms with Crippen LogP contribution in [-0.4, -0.2) is 23.8 Å². The number of nitrogens with two attached hydrogens (primary N) is 1. The van der Waals surface area contributed by atoms with E-state index in [1.807, 2.05) is 0 Å². The molecule has 22 heavy (non-hydrogen) atoms. The van der Waals surface area contributed by atoms with Crippen molar-refractivity contribution in [1.29, 1.82) is 0 Å². The van der Waals surface area contributed by atoms with Crippen LogP contribution in [0.15, 0.2) is 30.6 Å². The van der Waals surface area contributed by atoms with Crippen molar-refractivity contribution in [2.75, 3.05) is 11.9 Å². The molecule has 2 heterocycles. The van der Waals surface area contributed by atoms with Crippen LogP contribution in [0.5, 0.6) is 0 Å². The molecular formula is C16H14FN3O2. The molecule has 0 spiro atoms. The lowest BCUT2D eigenvalue weighted by atomic mass is 9.95. The van der Waals surface area contributed by atoms with Gasteiger partial charge in [-0.3, -0.25) is 14.6 Å². The number of rotatable bonds is 2. The SMILES string of the molecule is CN1C(=O)CCc2cc(-c3cncc(C(N)=O)c3)c(F)cc21. The summed E-state index contributed by atoms with van der Waals surface area (Å²) in [4.78, 5) is 28.3. The third kappa shape index (κ3) is 2.32. The summed E-state index contributed by atoms with van der Waals surface area (Å²) in [5.74, 6) is -1.11. The molecule has 0 atom stereocenters. The molecule has 0 aliphatic carbocycles. The van der Waals surface area contributed by atoms with Gasteiger partial charge in [-0.1, -0.05) is 0 Å². The second-order valence-electron chi connectivity index (χ2n) is 5.24. The van der Waals surface area contributed by atoms with E-state index in [0.717, 1.165) is 5.56 Å². The average Bonchev–Trinajstić information content (AvgIpc) is 2.51. The van der Waals surface area contributed by atoms with Crippen molar-refractivity contribution >= 4 is 17.5 Å². The number of aromatic nitrogens is 1. The van der Waals surface area contributed by atoms with Crippen LogP contribution in [0.3, 0.4) is 0 Å². The molecule has 2 amide bonds. The van der Waals surface area contributed by atoms with E-state index >= 15 is 0 Å². The number of carbonyl (C=O) groups is 2. The van der Waals surface area contributed by atoms with Crippen molar-refractivity contribution in [3.8, 4) is 11.1 Å². The third-order valence-corrected chi connectivity index (χ3v) is 3.85. The van der Waals surface area contributed by atoms with Gasteiger partial charge in [-0.05, 0) is 30.2 Å². The molecule has 1 aliphatic heterocycles. The molecule has 0 fully saturated rings. The number of carbonyl (C=O) groups excluding carboxylic acids is 2. The van der Waals surface area contributed by atoms with Gasteiger partial charge in [-0.2, -0.15) is 0 Å². The smallest absolute Gasteiger partial charge is 0.250 e. The highest BCUT2D eigenvalue weighted by Crippen LogP contribution is 2.33. The number of nitrogens with zero attached hydrogens (tertiary/aromatic N) is 2. The summed E-state index contributed by atoms with van der Waals surface area (Å²) in [5.41, 5.74) is 7.75. The zero-order chi connectivity index (χ0) is 15.9. The lowest BCUT2D eigenvalue weighted by molar-refractivity contribution is -0.118. The van der Waals surface area contributed by atoms with Crippen LogP contribution in [0.25, 0.3) is 11.1 Å². The standard InChI is InChI=1S/C16H14FN3O2/c1-20-14-6-13(17)12(5-9(14)2-3-15(20)21)10-4-11(16(18)22)8-19-7-10/h4-8H,2-3H2,1H3,(H2,18,22). The maximum atomic E-state index is 14.4. The number of fused-ring (bicyclic) bond motifs is 1. The van der Waals surface area contributed by atoms with Gasteiger partial charge in [0.25, 0.3) is 0 Å². The minimum Gasteiger partial charge on any atom is -0.366 e. The number of hydrogen-bond acceptors (Lipinski definition) is 3. The summed E-state index contributed by atoms with van der Waals surface area (Å²) in [6, 6.07) is 4.56. The normalized spacial score (nSPS) is 13.9. The Labute approximate surface area is 126 Å². The van der Waals surface area contributed by atoms with Crippen molar-refractivity contribution in [1.82, 2.24) is 4.98 Å². The van der Waals surface area contributed by atoms with E-state index in [4.69, 9.17) is 5.73 Å². The highest BCUT2D eigenvalue weighted by molar-refractivity contribution is 5.97. The van der Waals surface area contributed by atoms with Crippen molar-refractivity contribution < 1.29 is 14.0 Å². The first kappa shape index (κ1) is 14.2. The minimum absolute atomic E-state index is 0.0305. The summed E-state index contributed by atoms with van der Waals surface area (Å²) in [5, 5.41) is 0. The fourth-order valence-corrected chi connectivity index (χ4v) is 2.61. The molecule has 0 saturated heterocycles. The van der Waals surface area contributed by atoms with Gasteiger partial charge < -0.3 is 10.6 Å². The molecule has 2 aromatic rings. The number of pyridine rings is 1. The third-order valence-electron chi connectivity index (χ3n) is 3.85. The summed E-state index contributed by atoms with van der Waals surface area (Å²) in [7, 11) is 1.63. The van der Waals surface area contributed by atoms with Crippen LogP contribution >= 0.6 is 0 Å². The molecule has 1 aliphatic rings. The second-order valence-corrected chi connectivity index (χ2v) is 5.24. The molecule has 5 nitrogen and oxygen atoms in total. The van der Waals surface area contributed by atoms with Gasteiger partial charge in [-0.25, -0.2) is 4.39 Å². The number of primary amides is 1. The number of amides is 2. The van der Waals surface area contributed by atoms with E-state index in [9.17, 15) is 14.0 Å². The Morgan fingerprint density at radius 2 is 2.05 bits per heavy atom. The zero-order valence-corrected chi connectivity index (χ0v) is 12.0. The second kappa shape index (κ2) is 5.22. The van der Waals surface area contributed by atoms with Gasteiger partial charge in [0.15, 0.2) is 0 Å². The molecule has 0 saturated carbocycles. The Bertz CT molecular complexity index is 789. The first-order chi connectivity index (χ1) is 10.5. The Morgan fingerprint density at radius 3 is 2.77 bits per heavy atom. The quantitative estimate of drug-likeness (QED) is 0.920. The van der Waals surface area contributed by atoms with Crippen LogP contribution in [0.1, 0.15) is 22.3 Å².